The Morgan fingerprint density at radius 3 is 2.43 bits per heavy atom. The standard InChI is InChI=1S/C18H27N5O4S/c1-13(12-21-28(19,24)25)22-6-8-23(9-7-22)16-4-5-20-15-11-18(27-3)17(26-2)10-14(15)16/h4-5,10-11,13,21H,6-9,12H2,1-3H3,(H2,19,24,25). The van der Waals surface area contributed by atoms with E-state index in [9.17, 15) is 8.42 Å². The number of nitrogens with one attached hydrogen (secondary N) is 1. The van der Waals surface area contributed by atoms with Crippen molar-refractivity contribution in [2.45, 2.75) is 13.0 Å². The van der Waals surface area contributed by atoms with Gasteiger partial charge in [0.15, 0.2) is 11.5 Å². The molecule has 1 fully saturated rings. The molecule has 1 atom stereocenters. The molecule has 1 aliphatic heterocycles. The second-order valence-electron chi connectivity index (χ2n) is 6.82. The predicted molar refractivity (Wildman–Crippen MR) is 109 cm³/mol. The summed E-state index contributed by atoms with van der Waals surface area (Å²) in [6.45, 7) is 5.59. The highest BCUT2D eigenvalue weighted by Crippen LogP contribution is 2.35. The molecule has 2 heterocycles. The summed E-state index contributed by atoms with van der Waals surface area (Å²) in [7, 11) is -0.434. The van der Waals surface area contributed by atoms with E-state index in [1.165, 1.54) is 0 Å². The van der Waals surface area contributed by atoms with Crippen molar-refractivity contribution >= 4 is 26.8 Å². The van der Waals surface area contributed by atoms with Gasteiger partial charge in [-0.3, -0.25) is 9.88 Å². The van der Waals surface area contributed by atoms with Gasteiger partial charge in [-0.15, -0.1) is 0 Å². The van der Waals surface area contributed by atoms with Crippen LogP contribution in [0.5, 0.6) is 11.5 Å². The second kappa shape index (κ2) is 8.48. The monoisotopic (exact) mass is 409 g/mol. The van der Waals surface area contributed by atoms with Gasteiger partial charge in [-0.05, 0) is 19.1 Å². The fourth-order valence-corrected chi connectivity index (χ4v) is 3.98. The predicted octanol–water partition coefficient (Wildman–Crippen LogP) is 0.556. The number of ether oxygens (including phenoxy) is 2. The normalized spacial score (nSPS) is 16.9. The molecule has 2 aromatic rings. The lowest BCUT2D eigenvalue weighted by Gasteiger charge is -2.39. The van der Waals surface area contributed by atoms with Crippen molar-refractivity contribution in [2.24, 2.45) is 5.14 Å². The van der Waals surface area contributed by atoms with Gasteiger partial charge in [0, 0.05) is 62.1 Å². The van der Waals surface area contributed by atoms with Crippen molar-refractivity contribution in [3.8, 4) is 11.5 Å². The van der Waals surface area contributed by atoms with E-state index in [2.05, 4.69) is 19.5 Å². The average molecular weight is 410 g/mol. The zero-order valence-corrected chi connectivity index (χ0v) is 17.2. The van der Waals surface area contributed by atoms with Crippen LogP contribution in [0.15, 0.2) is 24.4 Å². The van der Waals surface area contributed by atoms with E-state index in [0.717, 1.165) is 42.8 Å². The Morgan fingerprint density at radius 1 is 1.18 bits per heavy atom. The fourth-order valence-electron chi connectivity index (χ4n) is 3.50. The van der Waals surface area contributed by atoms with E-state index >= 15 is 0 Å². The fraction of sp³-hybridized carbons (Fsp3) is 0.500. The maximum absolute atomic E-state index is 11.1. The number of piperazine rings is 1. The Bertz CT molecular complexity index is 929. The molecule has 0 radical (unpaired) electrons. The highest BCUT2D eigenvalue weighted by atomic mass is 32.2. The molecule has 0 bridgehead atoms. The summed E-state index contributed by atoms with van der Waals surface area (Å²) in [5.41, 5.74) is 1.95. The summed E-state index contributed by atoms with van der Waals surface area (Å²) in [5.74, 6) is 1.33. The van der Waals surface area contributed by atoms with Crippen LogP contribution in [0.3, 0.4) is 0 Å². The molecule has 3 rings (SSSR count). The van der Waals surface area contributed by atoms with E-state index in [1.807, 2.05) is 25.1 Å². The highest BCUT2D eigenvalue weighted by molar-refractivity contribution is 7.87. The Labute approximate surface area is 165 Å². The number of hydrogen-bond donors (Lipinski definition) is 2. The Kier molecular flexibility index (Phi) is 6.23. The summed E-state index contributed by atoms with van der Waals surface area (Å²) in [4.78, 5) is 9.03. The van der Waals surface area contributed by atoms with Crippen molar-refractivity contribution < 1.29 is 17.9 Å². The van der Waals surface area contributed by atoms with Crippen molar-refractivity contribution in [1.82, 2.24) is 14.6 Å². The van der Waals surface area contributed by atoms with Crippen LogP contribution in [-0.4, -0.2) is 71.3 Å². The van der Waals surface area contributed by atoms with Crippen LogP contribution >= 0.6 is 0 Å². The molecule has 1 unspecified atom stereocenters. The quantitative estimate of drug-likeness (QED) is 0.687. The molecule has 0 saturated carbocycles. The lowest BCUT2D eigenvalue weighted by atomic mass is 10.1. The lowest BCUT2D eigenvalue weighted by molar-refractivity contribution is 0.198. The van der Waals surface area contributed by atoms with Gasteiger partial charge in [0.05, 0.1) is 19.7 Å². The number of fused-ring (bicyclic) bond motifs is 1. The van der Waals surface area contributed by atoms with Crippen molar-refractivity contribution in [3.05, 3.63) is 24.4 Å². The van der Waals surface area contributed by atoms with Gasteiger partial charge < -0.3 is 14.4 Å². The van der Waals surface area contributed by atoms with Crippen molar-refractivity contribution in [3.63, 3.8) is 0 Å². The van der Waals surface area contributed by atoms with E-state index in [1.54, 1.807) is 20.4 Å². The molecule has 0 spiro atoms. The first-order valence-corrected chi connectivity index (χ1v) is 10.6. The van der Waals surface area contributed by atoms with Gasteiger partial charge in [-0.25, -0.2) is 9.86 Å². The zero-order chi connectivity index (χ0) is 20.3. The van der Waals surface area contributed by atoms with Gasteiger partial charge in [0.25, 0.3) is 10.2 Å². The molecule has 154 valence electrons. The van der Waals surface area contributed by atoms with Gasteiger partial charge in [0.2, 0.25) is 0 Å². The molecule has 1 aliphatic rings. The number of aromatic nitrogens is 1. The van der Waals surface area contributed by atoms with Gasteiger partial charge in [-0.1, -0.05) is 0 Å². The smallest absolute Gasteiger partial charge is 0.274 e. The summed E-state index contributed by atoms with van der Waals surface area (Å²) in [6, 6.07) is 5.92. The third-order valence-electron chi connectivity index (χ3n) is 5.08. The molecule has 0 aliphatic carbocycles. The minimum absolute atomic E-state index is 0.0685. The number of hydrogen-bond acceptors (Lipinski definition) is 7. The number of pyridine rings is 1. The first-order chi connectivity index (χ1) is 13.3. The third kappa shape index (κ3) is 4.64. The highest BCUT2D eigenvalue weighted by Gasteiger charge is 2.23. The maximum Gasteiger partial charge on any atom is 0.274 e. The number of anilines is 1. The van der Waals surface area contributed by atoms with Crippen LogP contribution in [-0.2, 0) is 10.2 Å². The summed E-state index contributed by atoms with van der Waals surface area (Å²) in [6.07, 6.45) is 1.80. The SMILES string of the molecule is COc1cc2nccc(N3CCN(C(C)CNS(N)(=O)=O)CC3)c2cc1OC. The minimum Gasteiger partial charge on any atom is -0.493 e. The number of methoxy groups -OCH3 is 2. The summed E-state index contributed by atoms with van der Waals surface area (Å²) < 4.78 is 35.4. The van der Waals surface area contributed by atoms with E-state index in [0.29, 0.717) is 18.0 Å². The number of nitrogens with zero attached hydrogens (tertiary/aromatic N) is 3. The molecule has 0 amide bonds. The average Bonchev–Trinajstić information content (AvgIpc) is 2.70. The number of nitrogens with two attached hydrogens (primary N) is 1. The van der Waals surface area contributed by atoms with Gasteiger partial charge in [-0.2, -0.15) is 8.42 Å². The van der Waals surface area contributed by atoms with Gasteiger partial charge in [0.1, 0.15) is 0 Å². The van der Waals surface area contributed by atoms with E-state index in [4.69, 9.17) is 14.6 Å². The third-order valence-corrected chi connectivity index (χ3v) is 5.65. The van der Waals surface area contributed by atoms with Crippen molar-refractivity contribution in [2.75, 3.05) is 51.8 Å². The summed E-state index contributed by atoms with van der Waals surface area (Å²) >= 11 is 0. The maximum atomic E-state index is 11.1. The van der Waals surface area contributed by atoms with Crippen LogP contribution < -0.4 is 24.2 Å². The number of rotatable bonds is 7. The molecule has 9 nitrogen and oxygen atoms in total. The molecule has 3 N–H and O–H groups in total. The van der Waals surface area contributed by atoms with Crippen LogP contribution in [0.1, 0.15) is 6.92 Å². The summed E-state index contributed by atoms with van der Waals surface area (Å²) in [5, 5.41) is 6.03. The topological polar surface area (TPSA) is 110 Å². The number of benzene rings is 1. The Morgan fingerprint density at radius 2 is 1.82 bits per heavy atom. The second-order valence-corrected chi connectivity index (χ2v) is 8.20. The Hall–Kier alpha value is -2.14. The van der Waals surface area contributed by atoms with Crippen LogP contribution in [0, 0.1) is 0 Å². The van der Waals surface area contributed by atoms with E-state index < -0.39 is 10.2 Å². The first kappa shape index (κ1) is 20.6. The molecule has 10 heteroatoms. The zero-order valence-electron chi connectivity index (χ0n) is 16.4. The molecular weight excluding hydrogens is 382 g/mol. The lowest BCUT2D eigenvalue weighted by Crippen LogP contribution is -2.52. The minimum atomic E-state index is -3.66. The van der Waals surface area contributed by atoms with Gasteiger partial charge >= 0.3 is 0 Å². The molecule has 28 heavy (non-hydrogen) atoms. The largest absolute Gasteiger partial charge is 0.493 e. The van der Waals surface area contributed by atoms with Crippen molar-refractivity contribution in [1.29, 1.82) is 0 Å². The van der Waals surface area contributed by atoms with Crippen LogP contribution in [0.4, 0.5) is 5.69 Å². The van der Waals surface area contributed by atoms with E-state index in [-0.39, 0.29) is 6.04 Å². The van der Waals surface area contributed by atoms with Crippen LogP contribution in [0.25, 0.3) is 10.9 Å². The molecule has 1 saturated heterocycles. The molecule has 1 aromatic carbocycles. The van der Waals surface area contributed by atoms with Crippen LogP contribution in [0.2, 0.25) is 0 Å². The molecular formula is C18H27N5O4S. The first-order valence-electron chi connectivity index (χ1n) is 9.09. The Balaban J connectivity index is 1.74. The molecule has 1 aromatic heterocycles.